The molecule has 5 atom stereocenters. The molecule has 2 rings (SSSR count). The highest BCUT2D eigenvalue weighted by Crippen LogP contribution is 2.21. The summed E-state index contributed by atoms with van der Waals surface area (Å²) in [4.78, 5) is 104. The van der Waals surface area contributed by atoms with Gasteiger partial charge in [0, 0.05) is 38.2 Å². The molecule has 0 bridgehead atoms. The van der Waals surface area contributed by atoms with Crippen LogP contribution in [0.3, 0.4) is 0 Å². The zero-order valence-electron chi connectivity index (χ0n) is 44.0. The number of amides is 7. The van der Waals surface area contributed by atoms with Gasteiger partial charge in [0.25, 0.3) is 11.8 Å². The predicted octanol–water partition coefficient (Wildman–Crippen LogP) is 5.21. The minimum Gasteiger partial charge on any atom is -0.480 e. The topological polar surface area (TPSA) is 295 Å². The molecule has 2 aromatic carbocycles. The summed E-state index contributed by atoms with van der Waals surface area (Å²) in [5.41, 5.74) is 8.31. The van der Waals surface area contributed by atoms with E-state index in [9.17, 15) is 43.5 Å². The van der Waals surface area contributed by atoms with Gasteiger partial charge in [0.05, 0.1) is 6.10 Å². The third-order valence-corrected chi connectivity index (χ3v) is 10.7. The summed E-state index contributed by atoms with van der Waals surface area (Å²) in [6.07, 6.45) is 0.540. The number of nitrogens with one attached hydrogen (secondary N) is 7. The quantitative estimate of drug-likeness (QED) is 0.0359. The summed E-state index contributed by atoms with van der Waals surface area (Å²) in [7, 11) is 0. The smallest absolute Gasteiger partial charge is 0.407 e. The van der Waals surface area contributed by atoms with Crippen LogP contribution in [0.1, 0.15) is 143 Å². The van der Waals surface area contributed by atoms with Crippen molar-refractivity contribution in [2.24, 2.45) is 11.7 Å². The van der Waals surface area contributed by atoms with E-state index in [0.29, 0.717) is 31.2 Å². The van der Waals surface area contributed by atoms with Crippen LogP contribution in [0.5, 0.6) is 0 Å². The van der Waals surface area contributed by atoms with Gasteiger partial charge in [-0.1, -0.05) is 63.6 Å². The van der Waals surface area contributed by atoms with Crippen LogP contribution in [-0.4, -0.2) is 121 Å². The van der Waals surface area contributed by atoms with Crippen molar-refractivity contribution in [3.05, 3.63) is 59.7 Å². The molecule has 0 aliphatic carbocycles. The van der Waals surface area contributed by atoms with E-state index in [4.69, 9.17) is 19.9 Å². The van der Waals surface area contributed by atoms with E-state index in [1.54, 1.807) is 53.7 Å². The van der Waals surface area contributed by atoms with Crippen LogP contribution in [0.25, 0.3) is 11.1 Å². The Morgan fingerprint density at radius 2 is 1.14 bits per heavy atom. The molecule has 0 spiro atoms. The monoisotopic (exact) mass is 1010 g/mol. The van der Waals surface area contributed by atoms with Gasteiger partial charge < -0.3 is 62.3 Å². The second-order valence-corrected chi connectivity index (χ2v) is 20.2. The molecule has 0 aromatic heterocycles. The highest BCUT2D eigenvalue weighted by Gasteiger charge is 2.34. The molecule has 2 aromatic rings. The molecule has 0 unspecified atom stereocenters. The van der Waals surface area contributed by atoms with Gasteiger partial charge >= 0.3 is 18.2 Å². The van der Waals surface area contributed by atoms with Crippen LogP contribution < -0.4 is 43.0 Å². The first-order valence-electron chi connectivity index (χ1n) is 25.0. The molecule has 0 aliphatic rings. The lowest BCUT2D eigenvalue weighted by molar-refractivity contribution is -0.142. The van der Waals surface area contributed by atoms with Crippen LogP contribution >= 0.6 is 0 Å². The number of unbranched alkanes of at least 4 members (excludes halogenated alkanes) is 3. The number of rotatable bonds is 30. The van der Waals surface area contributed by atoms with E-state index in [1.807, 2.05) is 26.0 Å². The van der Waals surface area contributed by atoms with E-state index in [2.05, 4.69) is 68.4 Å². The molecule has 0 aliphatic heterocycles. The van der Waals surface area contributed by atoms with Crippen molar-refractivity contribution < 1.29 is 57.7 Å². The molecule has 10 N–H and O–H groups in total. The number of carbonyl (C=O) groups is 8. The Morgan fingerprint density at radius 1 is 0.611 bits per heavy atom. The zero-order chi connectivity index (χ0) is 54.0. The third kappa shape index (κ3) is 25.7. The van der Waals surface area contributed by atoms with Crippen molar-refractivity contribution in [2.75, 3.05) is 26.2 Å². The van der Waals surface area contributed by atoms with Gasteiger partial charge in [-0.2, -0.15) is 0 Å². The number of aryl methyl sites for hydroxylation is 1. The number of hydrogen-bond donors (Lipinski definition) is 9. The first-order chi connectivity index (χ1) is 33.8. The Hall–Kier alpha value is -6.28. The Morgan fingerprint density at radius 3 is 1.64 bits per heavy atom. The van der Waals surface area contributed by atoms with Gasteiger partial charge in [0.15, 0.2) is 6.17 Å². The number of benzene rings is 2. The molecule has 7 amide bonds. The normalized spacial score (nSPS) is 13.6. The fourth-order valence-corrected chi connectivity index (χ4v) is 6.86. The average Bonchev–Trinajstić information content (AvgIpc) is 3.29. The second-order valence-electron chi connectivity index (χ2n) is 20.2. The molecule has 0 saturated heterocycles. The van der Waals surface area contributed by atoms with Gasteiger partial charge in [-0.3, -0.25) is 24.0 Å². The highest BCUT2D eigenvalue weighted by atomic mass is 16.6. The lowest BCUT2D eigenvalue weighted by Gasteiger charge is -2.29. The SMILES string of the molecule is CCCCc1ccc(-c2ccc(C(=O)NCCC(=O)N[C@@H](CCCCNC(=O)OC(C)(C)C)C(=O)N[C@H](C(=O)N[C@@H](N)C(=O)N[C@@H](CCCCNC(=O)OC(C)(C)C)C(=O)O)[C@@H](C)OCC(C)C)cc2)cc1. The van der Waals surface area contributed by atoms with E-state index in [1.165, 1.54) is 12.5 Å². The lowest BCUT2D eigenvalue weighted by Crippen LogP contribution is -2.62. The molecule has 0 saturated carbocycles. The van der Waals surface area contributed by atoms with Crippen molar-refractivity contribution in [3.63, 3.8) is 0 Å². The number of carboxylic acids is 1. The molecule has 402 valence electrons. The summed E-state index contributed by atoms with van der Waals surface area (Å²) in [6, 6.07) is 11.4. The number of nitrogens with two attached hydrogens (primary N) is 1. The standard InChI is InChI=1S/C52H82N8O12/c1-11-12-17-35-20-22-36(23-21-35)37-24-26-38(27-25-37)44(62)54-31-28-41(61)57-39(18-13-15-29-55-49(68)71-51(5,6)7)45(63)59-42(34(4)70-32-33(2)3)46(64)60-43(53)47(65)58-40(48(66)67)19-14-16-30-56-50(69)72-52(8,9)10/h20-27,33-34,39-40,42-43H,11-19,28-32,53H2,1-10H3,(H,54,62)(H,55,68)(H,56,69)(H,57,61)(H,58,65)(H,59,63)(H,60,64)(H,66,67)/t34-,39+,40+,42+,43-/m1/s1. The van der Waals surface area contributed by atoms with Crippen molar-refractivity contribution in [1.29, 1.82) is 0 Å². The highest BCUT2D eigenvalue weighted by molar-refractivity contribution is 5.96. The summed E-state index contributed by atoms with van der Waals surface area (Å²) >= 11 is 0. The van der Waals surface area contributed by atoms with E-state index >= 15 is 0 Å². The number of hydrogen-bond acceptors (Lipinski definition) is 12. The van der Waals surface area contributed by atoms with Crippen LogP contribution in [0.15, 0.2) is 48.5 Å². The largest absolute Gasteiger partial charge is 0.480 e. The molecule has 72 heavy (non-hydrogen) atoms. The zero-order valence-corrected chi connectivity index (χ0v) is 44.0. The van der Waals surface area contributed by atoms with Gasteiger partial charge in [0.1, 0.15) is 29.3 Å². The minimum atomic E-state index is -1.75. The Bertz CT molecular complexity index is 2050. The molecule has 0 fully saturated rings. The van der Waals surface area contributed by atoms with Gasteiger partial charge in [-0.05, 0) is 135 Å². The van der Waals surface area contributed by atoms with Crippen LogP contribution in [-0.2, 0) is 44.6 Å². The van der Waals surface area contributed by atoms with Crippen LogP contribution in [0, 0.1) is 5.92 Å². The van der Waals surface area contributed by atoms with Crippen LogP contribution in [0.2, 0.25) is 0 Å². The Balaban J connectivity index is 2.15. The first kappa shape index (κ1) is 61.8. The first-order valence-corrected chi connectivity index (χ1v) is 25.0. The predicted molar refractivity (Wildman–Crippen MR) is 273 cm³/mol. The summed E-state index contributed by atoms with van der Waals surface area (Å²) < 4.78 is 16.4. The van der Waals surface area contributed by atoms with E-state index in [0.717, 1.165) is 30.4 Å². The summed E-state index contributed by atoms with van der Waals surface area (Å²) in [6.45, 7) is 18.4. The van der Waals surface area contributed by atoms with Crippen molar-refractivity contribution >= 4 is 47.7 Å². The number of ether oxygens (including phenoxy) is 3. The second kappa shape index (κ2) is 31.2. The minimum absolute atomic E-state index is 0.0179. The fourth-order valence-electron chi connectivity index (χ4n) is 6.86. The van der Waals surface area contributed by atoms with Gasteiger partial charge in [0.2, 0.25) is 17.7 Å². The van der Waals surface area contributed by atoms with Gasteiger partial charge in [-0.25, -0.2) is 14.4 Å². The molecular formula is C52H82N8O12. The third-order valence-electron chi connectivity index (χ3n) is 10.7. The van der Waals surface area contributed by atoms with E-state index in [-0.39, 0.29) is 51.4 Å². The fraction of sp³-hybridized carbons (Fsp3) is 0.615. The molecule has 20 heteroatoms. The number of carboxylic acid groups (broad SMARTS) is 1. The maximum atomic E-state index is 14.1. The number of aliphatic carboxylic acids is 1. The van der Waals surface area contributed by atoms with Crippen LogP contribution in [0.4, 0.5) is 9.59 Å². The molecular weight excluding hydrogens is 929 g/mol. The molecule has 0 radical (unpaired) electrons. The van der Waals surface area contributed by atoms with E-state index < -0.39 is 89.3 Å². The Kier molecular flexibility index (Phi) is 26.8. The lowest BCUT2D eigenvalue weighted by atomic mass is 10.0. The van der Waals surface area contributed by atoms with Crippen molar-refractivity contribution in [1.82, 2.24) is 37.2 Å². The molecule has 0 heterocycles. The number of carbonyl (C=O) groups excluding carboxylic acids is 7. The van der Waals surface area contributed by atoms with Gasteiger partial charge in [-0.15, -0.1) is 0 Å². The Labute approximate surface area is 425 Å². The van der Waals surface area contributed by atoms with Crippen molar-refractivity contribution in [3.8, 4) is 11.1 Å². The summed E-state index contributed by atoms with van der Waals surface area (Å²) in [5.74, 6) is -4.99. The van der Waals surface area contributed by atoms with Crippen molar-refractivity contribution in [2.45, 2.75) is 175 Å². The molecule has 20 nitrogen and oxygen atoms in total. The number of alkyl carbamates (subject to hydrolysis) is 2. The maximum Gasteiger partial charge on any atom is 0.407 e. The average molecular weight is 1010 g/mol. The summed E-state index contributed by atoms with van der Waals surface area (Å²) in [5, 5.41) is 27.8. The maximum absolute atomic E-state index is 14.1.